The molecule has 6 heteroatoms. The van der Waals surface area contributed by atoms with Crippen molar-refractivity contribution in [1.29, 1.82) is 0 Å². The van der Waals surface area contributed by atoms with Gasteiger partial charge in [-0.25, -0.2) is 9.78 Å². The molecule has 0 bridgehead atoms. The van der Waals surface area contributed by atoms with Gasteiger partial charge >= 0.3 is 6.03 Å². The maximum absolute atomic E-state index is 12.0. The number of carbonyl (C=O) groups excluding carboxylic acids is 1. The van der Waals surface area contributed by atoms with Gasteiger partial charge in [-0.05, 0) is 52.1 Å². The number of hydrogen-bond acceptors (Lipinski definition) is 4. The minimum absolute atomic E-state index is 0.112. The van der Waals surface area contributed by atoms with E-state index < -0.39 is 0 Å². The molecule has 0 aliphatic carbocycles. The van der Waals surface area contributed by atoms with Crippen LogP contribution in [0.25, 0.3) is 0 Å². The van der Waals surface area contributed by atoms with Gasteiger partial charge < -0.3 is 15.5 Å². The molecule has 0 saturated heterocycles. The second kappa shape index (κ2) is 8.08. The van der Waals surface area contributed by atoms with Gasteiger partial charge in [0.15, 0.2) is 0 Å². The van der Waals surface area contributed by atoms with Crippen LogP contribution in [-0.4, -0.2) is 36.6 Å². The fourth-order valence-electron chi connectivity index (χ4n) is 2.12. The zero-order chi connectivity index (χ0) is 16.8. The number of aromatic nitrogens is 1. The van der Waals surface area contributed by atoms with Crippen molar-refractivity contribution in [2.24, 2.45) is 0 Å². The Hall–Kier alpha value is -1.92. The maximum atomic E-state index is 12.0. The molecule has 2 N–H and O–H groups in total. The number of urea groups is 1. The zero-order valence-electron chi connectivity index (χ0n) is 14.1. The predicted molar refractivity (Wildman–Crippen MR) is 96.1 cm³/mol. The summed E-state index contributed by atoms with van der Waals surface area (Å²) in [6, 6.07) is 7.63. The number of amides is 2. The molecule has 0 saturated carbocycles. The maximum Gasteiger partial charge on any atom is 0.319 e. The number of benzene rings is 1. The molecule has 23 heavy (non-hydrogen) atoms. The summed E-state index contributed by atoms with van der Waals surface area (Å²) in [5.41, 5.74) is 2.94. The van der Waals surface area contributed by atoms with E-state index in [1.165, 1.54) is 5.56 Å². The van der Waals surface area contributed by atoms with Crippen molar-refractivity contribution >= 4 is 23.1 Å². The highest BCUT2D eigenvalue weighted by molar-refractivity contribution is 7.09. The second-order valence-corrected chi connectivity index (χ2v) is 6.92. The Balaban J connectivity index is 1.85. The van der Waals surface area contributed by atoms with Crippen molar-refractivity contribution in [3.8, 4) is 0 Å². The number of aryl methyl sites for hydroxylation is 1. The summed E-state index contributed by atoms with van der Waals surface area (Å²) < 4.78 is 0. The smallest absolute Gasteiger partial charge is 0.319 e. The van der Waals surface area contributed by atoms with E-state index in [0.717, 1.165) is 29.4 Å². The number of likely N-dealkylation sites (N-methyl/N-ethyl adjacent to an activating group) is 1. The minimum Gasteiger partial charge on any atom is -0.330 e. The third kappa shape index (κ3) is 5.65. The molecule has 0 aliphatic rings. The molecule has 0 spiro atoms. The Morgan fingerprint density at radius 3 is 2.57 bits per heavy atom. The lowest BCUT2D eigenvalue weighted by Crippen LogP contribution is -2.31. The van der Waals surface area contributed by atoms with E-state index in [4.69, 9.17) is 0 Å². The second-order valence-electron chi connectivity index (χ2n) is 5.86. The van der Waals surface area contributed by atoms with Gasteiger partial charge in [0.25, 0.3) is 0 Å². The Morgan fingerprint density at radius 1 is 1.30 bits per heavy atom. The van der Waals surface area contributed by atoms with E-state index in [1.807, 2.05) is 43.5 Å². The largest absolute Gasteiger partial charge is 0.330 e. The summed E-state index contributed by atoms with van der Waals surface area (Å²) in [6.07, 6.45) is 1.000. The van der Waals surface area contributed by atoms with E-state index in [2.05, 4.69) is 34.6 Å². The van der Waals surface area contributed by atoms with E-state index in [0.29, 0.717) is 0 Å². The third-order valence-corrected chi connectivity index (χ3v) is 4.28. The van der Waals surface area contributed by atoms with Gasteiger partial charge in [-0.3, -0.25) is 0 Å². The monoisotopic (exact) mass is 332 g/mol. The highest BCUT2D eigenvalue weighted by Crippen LogP contribution is 2.16. The standard InChI is InChI=1S/C17H24N4OS/c1-12(16-11-23-13(2)19-16)18-17(22)20-15-7-5-14(6-8-15)9-10-21(3)4/h5-8,11-12H,9-10H2,1-4H3,(H2,18,20,22)/t12-/m0/s1. The molecular formula is C17H24N4OS. The van der Waals surface area contributed by atoms with E-state index in [1.54, 1.807) is 11.3 Å². The van der Waals surface area contributed by atoms with Crippen molar-refractivity contribution in [3.05, 3.63) is 45.9 Å². The van der Waals surface area contributed by atoms with Crippen LogP contribution in [0.1, 0.15) is 29.2 Å². The zero-order valence-corrected chi connectivity index (χ0v) is 14.9. The first-order valence-corrected chi connectivity index (χ1v) is 8.55. The molecule has 2 rings (SSSR count). The number of carbonyl (C=O) groups is 1. The normalized spacial score (nSPS) is 12.2. The van der Waals surface area contributed by atoms with Crippen molar-refractivity contribution in [3.63, 3.8) is 0 Å². The van der Waals surface area contributed by atoms with E-state index in [-0.39, 0.29) is 12.1 Å². The molecule has 1 aromatic carbocycles. The summed E-state index contributed by atoms with van der Waals surface area (Å²) >= 11 is 1.59. The summed E-state index contributed by atoms with van der Waals surface area (Å²) in [5.74, 6) is 0. The molecule has 2 aromatic rings. The fourth-order valence-corrected chi connectivity index (χ4v) is 2.83. The van der Waals surface area contributed by atoms with Crippen molar-refractivity contribution in [1.82, 2.24) is 15.2 Å². The summed E-state index contributed by atoms with van der Waals surface area (Å²) in [6.45, 7) is 4.90. The number of nitrogens with one attached hydrogen (secondary N) is 2. The first kappa shape index (κ1) is 17.4. The van der Waals surface area contributed by atoms with Crippen LogP contribution in [0.15, 0.2) is 29.6 Å². The number of anilines is 1. The van der Waals surface area contributed by atoms with Gasteiger partial charge in [-0.2, -0.15) is 0 Å². The van der Waals surface area contributed by atoms with E-state index in [9.17, 15) is 4.79 Å². The number of thiazole rings is 1. The first-order chi connectivity index (χ1) is 10.9. The lowest BCUT2D eigenvalue weighted by molar-refractivity contribution is 0.249. The van der Waals surface area contributed by atoms with Crippen molar-refractivity contribution < 1.29 is 4.79 Å². The molecule has 124 valence electrons. The van der Waals surface area contributed by atoms with Crippen LogP contribution in [0.3, 0.4) is 0 Å². The van der Waals surface area contributed by atoms with Crippen LogP contribution in [0.2, 0.25) is 0 Å². The highest BCUT2D eigenvalue weighted by atomic mass is 32.1. The molecule has 0 fully saturated rings. The number of rotatable bonds is 6. The average Bonchev–Trinajstić information content (AvgIpc) is 2.93. The Labute approximate surface area is 141 Å². The molecule has 0 unspecified atom stereocenters. The van der Waals surface area contributed by atoms with Gasteiger partial charge in [-0.1, -0.05) is 12.1 Å². The molecule has 1 aromatic heterocycles. The molecule has 5 nitrogen and oxygen atoms in total. The molecule has 0 radical (unpaired) electrons. The van der Waals surface area contributed by atoms with E-state index >= 15 is 0 Å². The molecule has 0 aliphatic heterocycles. The molecule has 1 heterocycles. The fraction of sp³-hybridized carbons (Fsp3) is 0.412. The lowest BCUT2D eigenvalue weighted by atomic mass is 10.1. The summed E-state index contributed by atoms with van der Waals surface area (Å²) in [7, 11) is 4.12. The van der Waals surface area contributed by atoms with Crippen LogP contribution in [0, 0.1) is 6.92 Å². The number of hydrogen-bond donors (Lipinski definition) is 2. The summed E-state index contributed by atoms with van der Waals surface area (Å²) in [4.78, 5) is 18.6. The van der Waals surface area contributed by atoms with Crippen LogP contribution < -0.4 is 10.6 Å². The van der Waals surface area contributed by atoms with Gasteiger partial charge in [0, 0.05) is 17.6 Å². The van der Waals surface area contributed by atoms with Crippen LogP contribution in [0.4, 0.5) is 10.5 Å². The average molecular weight is 332 g/mol. The van der Waals surface area contributed by atoms with Crippen LogP contribution in [-0.2, 0) is 6.42 Å². The van der Waals surface area contributed by atoms with Crippen molar-refractivity contribution in [2.45, 2.75) is 26.3 Å². The topological polar surface area (TPSA) is 57.3 Å². The van der Waals surface area contributed by atoms with Gasteiger partial charge in [-0.15, -0.1) is 11.3 Å². The Bertz CT molecular complexity index is 636. The van der Waals surface area contributed by atoms with Gasteiger partial charge in [0.2, 0.25) is 0 Å². The van der Waals surface area contributed by atoms with Crippen molar-refractivity contribution in [2.75, 3.05) is 26.0 Å². The summed E-state index contributed by atoms with van der Waals surface area (Å²) in [5, 5.41) is 8.73. The molecular weight excluding hydrogens is 308 g/mol. The minimum atomic E-state index is -0.218. The lowest BCUT2D eigenvalue weighted by Gasteiger charge is -2.13. The Kier molecular flexibility index (Phi) is 6.12. The highest BCUT2D eigenvalue weighted by Gasteiger charge is 2.12. The Morgan fingerprint density at radius 2 is 2.00 bits per heavy atom. The van der Waals surface area contributed by atoms with Gasteiger partial charge in [0.1, 0.15) is 0 Å². The third-order valence-electron chi connectivity index (χ3n) is 3.49. The van der Waals surface area contributed by atoms with Gasteiger partial charge in [0.05, 0.1) is 16.7 Å². The quantitative estimate of drug-likeness (QED) is 0.852. The number of nitrogens with zero attached hydrogens (tertiary/aromatic N) is 2. The van der Waals surface area contributed by atoms with Crippen LogP contribution >= 0.6 is 11.3 Å². The molecule has 2 amide bonds. The SMILES string of the molecule is Cc1nc([C@H](C)NC(=O)Nc2ccc(CCN(C)C)cc2)cs1. The molecule has 1 atom stereocenters. The predicted octanol–water partition coefficient (Wildman–Crippen LogP) is 3.44. The first-order valence-electron chi connectivity index (χ1n) is 7.67. The van der Waals surface area contributed by atoms with Crippen LogP contribution in [0.5, 0.6) is 0 Å².